The van der Waals surface area contributed by atoms with Crippen molar-refractivity contribution < 1.29 is 8.42 Å². The number of rotatable bonds is 4. The Morgan fingerprint density at radius 2 is 1.71 bits per heavy atom. The van der Waals surface area contributed by atoms with Crippen molar-refractivity contribution >= 4 is 27.3 Å². The second-order valence-corrected chi connectivity index (χ2v) is 9.43. The van der Waals surface area contributed by atoms with Gasteiger partial charge in [-0.2, -0.15) is 0 Å². The van der Waals surface area contributed by atoms with Crippen LogP contribution in [0.4, 0.5) is 5.69 Å². The Hall–Kier alpha value is -0.780. The monoisotopic (exact) mass is 332 g/mol. The summed E-state index contributed by atoms with van der Waals surface area (Å²) in [5, 5.41) is 0.392. The van der Waals surface area contributed by atoms with Crippen LogP contribution in [-0.2, 0) is 10.0 Å². The van der Waals surface area contributed by atoms with Crippen molar-refractivity contribution in [2.24, 2.45) is 5.41 Å². The molecule has 0 atom stereocenters. The van der Waals surface area contributed by atoms with Crippen molar-refractivity contribution in [2.75, 3.05) is 5.73 Å². The molecule has 0 heterocycles. The van der Waals surface area contributed by atoms with Crippen molar-refractivity contribution in [3.63, 3.8) is 0 Å². The van der Waals surface area contributed by atoms with Crippen LogP contribution in [0.3, 0.4) is 0 Å². The molecule has 0 unspecified atom stereocenters. The molecular weight excluding hydrogens is 308 g/mol. The Morgan fingerprint density at radius 1 is 1.19 bits per heavy atom. The second-order valence-electron chi connectivity index (χ2n) is 7.37. The van der Waals surface area contributed by atoms with Gasteiger partial charge in [0.15, 0.2) is 0 Å². The molecule has 1 aromatic rings. The van der Waals surface area contributed by atoms with E-state index in [0.29, 0.717) is 17.0 Å². The summed E-state index contributed by atoms with van der Waals surface area (Å²) in [6.45, 7) is 11.7. The molecular formula is C15H25ClN2O2S. The first-order chi connectivity index (χ1) is 9.23. The number of sulfonamides is 1. The van der Waals surface area contributed by atoms with E-state index in [1.165, 1.54) is 12.1 Å². The molecule has 0 fully saturated rings. The largest absolute Gasteiger partial charge is 0.397 e. The lowest BCUT2D eigenvalue weighted by atomic mass is 9.82. The number of nitrogens with two attached hydrogens (primary N) is 1. The zero-order chi connectivity index (χ0) is 16.6. The molecule has 0 bridgehead atoms. The van der Waals surface area contributed by atoms with E-state index in [4.69, 9.17) is 17.3 Å². The zero-order valence-electron chi connectivity index (χ0n) is 13.5. The van der Waals surface area contributed by atoms with Gasteiger partial charge in [0.25, 0.3) is 0 Å². The lowest BCUT2D eigenvalue weighted by Crippen LogP contribution is -2.45. The summed E-state index contributed by atoms with van der Waals surface area (Å²) >= 11 is 5.98. The second kappa shape index (κ2) is 5.78. The van der Waals surface area contributed by atoms with Crippen LogP contribution in [0.25, 0.3) is 0 Å². The van der Waals surface area contributed by atoms with Gasteiger partial charge in [0.05, 0.1) is 15.6 Å². The molecule has 0 aliphatic carbocycles. The first-order valence-corrected chi connectivity index (χ1v) is 8.69. The molecule has 0 amide bonds. The minimum atomic E-state index is -3.64. The van der Waals surface area contributed by atoms with Crippen molar-refractivity contribution in [1.82, 2.24) is 4.72 Å². The van der Waals surface area contributed by atoms with Crippen LogP contribution in [0.2, 0.25) is 5.02 Å². The highest BCUT2D eigenvalue weighted by Gasteiger charge is 2.30. The minimum absolute atomic E-state index is 0.0148. The molecule has 0 spiro atoms. The van der Waals surface area contributed by atoms with Gasteiger partial charge < -0.3 is 5.73 Å². The molecule has 1 rings (SSSR count). The summed E-state index contributed by atoms with van der Waals surface area (Å²) in [6, 6.07) is 2.93. The van der Waals surface area contributed by atoms with Crippen LogP contribution in [0.5, 0.6) is 0 Å². The topological polar surface area (TPSA) is 72.2 Å². The van der Waals surface area contributed by atoms with Crippen LogP contribution < -0.4 is 10.5 Å². The molecule has 0 aliphatic rings. The average molecular weight is 333 g/mol. The number of hydrogen-bond acceptors (Lipinski definition) is 3. The molecule has 120 valence electrons. The average Bonchev–Trinajstić information content (AvgIpc) is 2.19. The highest BCUT2D eigenvalue weighted by Crippen LogP contribution is 2.30. The van der Waals surface area contributed by atoms with Gasteiger partial charge in [-0.15, -0.1) is 0 Å². The van der Waals surface area contributed by atoms with E-state index in [9.17, 15) is 8.42 Å². The molecule has 0 aromatic heterocycles. The molecule has 3 N–H and O–H groups in total. The summed E-state index contributed by atoms with van der Waals surface area (Å²) in [5.41, 5.74) is 6.13. The number of anilines is 1. The maximum absolute atomic E-state index is 12.5. The van der Waals surface area contributed by atoms with Crippen molar-refractivity contribution in [2.45, 2.75) is 58.4 Å². The van der Waals surface area contributed by atoms with E-state index in [1.807, 2.05) is 13.8 Å². The molecule has 0 saturated heterocycles. The molecule has 0 radical (unpaired) electrons. The number of hydrogen-bond donors (Lipinski definition) is 2. The minimum Gasteiger partial charge on any atom is -0.397 e. The van der Waals surface area contributed by atoms with Gasteiger partial charge in [-0.05, 0) is 50.3 Å². The van der Waals surface area contributed by atoms with E-state index in [-0.39, 0.29) is 16.0 Å². The quantitative estimate of drug-likeness (QED) is 0.825. The number of nitrogen functional groups attached to an aromatic ring is 1. The van der Waals surface area contributed by atoms with Crippen LogP contribution in [0.1, 0.15) is 46.6 Å². The molecule has 4 nitrogen and oxygen atoms in total. The third-order valence-electron chi connectivity index (χ3n) is 2.95. The van der Waals surface area contributed by atoms with Crippen molar-refractivity contribution in [3.8, 4) is 0 Å². The zero-order valence-corrected chi connectivity index (χ0v) is 15.1. The van der Waals surface area contributed by atoms with Gasteiger partial charge in [-0.25, -0.2) is 13.1 Å². The third-order valence-corrected chi connectivity index (χ3v) is 5.14. The summed E-state index contributed by atoms with van der Waals surface area (Å²) in [5.74, 6) is 0. The lowest BCUT2D eigenvalue weighted by molar-refractivity contribution is 0.269. The van der Waals surface area contributed by atoms with Gasteiger partial charge in [-0.1, -0.05) is 32.4 Å². The first kappa shape index (κ1) is 18.3. The molecule has 6 heteroatoms. The Bertz CT molecular complexity index is 609. The first-order valence-electron chi connectivity index (χ1n) is 6.83. The maximum Gasteiger partial charge on any atom is 0.241 e. The number of nitrogens with one attached hydrogen (secondary N) is 1. The molecule has 21 heavy (non-hydrogen) atoms. The fourth-order valence-corrected chi connectivity index (χ4v) is 4.34. The Balaban J connectivity index is 3.13. The standard InChI is InChI=1S/C15H25ClN2O2S/c1-10-7-11(8-12(17)13(10)16)21(19,20)18-15(5,6)9-14(2,3)4/h7-8,18H,9,17H2,1-6H3. The molecule has 1 aromatic carbocycles. The van der Waals surface area contributed by atoms with Crippen molar-refractivity contribution in [3.05, 3.63) is 22.7 Å². The van der Waals surface area contributed by atoms with Crippen LogP contribution in [-0.4, -0.2) is 14.0 Å². The van der Waals surface area contributed by atoms with E-state index in [0.717, 1.165) is 0 Å². The number of aryl methyl sites for hydroxylation is 1. The van der Waals surface area contributed by atoms with E-state index >= 15 is 0 Å². The summed E-state index contributed by atoms with van der Waals surface area (Å²) in [4.78, 5) is 0.142. The maximum atomic E-state index is 12.5. The highest BCUT2D eigenvalue weighted by molar-refractivity contribution is 7.89. The smallest absolute Gasteiger partial charge is 0.241 e. The van der Waals surface area contributed by atoms with Crippen LogP contribution in [0.15, 0.2) is 17.0 Å². The number of halogens is 1. The Labute approximate surface area is 133 Å². The van der Waals surface area contributed by atoms with Gasteiger partial charge in [0, 0.05) is 5.54 Å². The Kier molecular flexibility index (Phi) is 5.03. The van der Waals surface area contributed by atoms with Crippen LogP contribution in [0, 0.1) is 12.3 Å². The van der Waals surface area contributed by atoms with Gasteiger partial charge >= 0.3 is 0 Å². The Morgan fingerprint density at radius 3 is 2.14 bits per heavy atom. The van der Waals surface area contributed by atoms with Crippen LogP contribution >= 0.6 is 11.6 Å². The predicted molar refractivity (Wildman–Crippen MR) is 89.1 cm³/mol. The summed E-state index contributed by atoms with van der Waals surface area (Å²) in [6.07, 6.45) is 0.710. The molecule has 0 aliphatic heterocycles. The van der Waals surface area contributed by atoms with Gasteiger partial charge in [0.2, 0.25) is 10.0 Å². The van der Waals surface area contributed by atoms with Gasteiger partial charge in [0.1, 0.15) is 0 Å². The molecule has 0 saturated carbocycles. The normalized spacial score (nSPS) is 13.5. The predicted octanol–water partition coefficient (Wildman–Crippen LogP) is 3.72. The summed E-state index contributed by atoms with van der Waals surface area (Å²) < 4.78 is 27.8. The highest BCUT2D eigenvalue weighted by atomic mass is 35.5. The van der Waals surface area contributed by atoms with E-state index in [2.05, 4.69) is 25.5 Å². The third kappa shape index (κ3) is 5.16. The van der Waals surface area contributed by atoms with Crippen molar-refractivity contribution in [1.29, 1.82) is 0 Å². The SMILES string of the molecule is Cc1cc(S(=O)(=O)NC(C)(C)CC(C)(C)C)cc(N)c1Cl. The van der Waals surface area contributed by atoms with Gasteiger partial charge in [-0.3, -0.25) is 0 Å². The fraction of sp³-hybridized carbons (Fsp3) is 0.600. The van der Waals surface area contributed by atoms with E-state index in [1.54, 1.807) is 6.92 Å². The summed E-state index contributed by atoms with van der Waals surface area (Å²) in [7, 11) is -3.64. The lowest BCUT2D eigenvalue weighted by Gasteiger charge is -2.33. The number of benzene rings is 1. The van der Waals surface area contributed by atoms with E-state index < -0.39 is 15.6 Å². The fourth-order valence-electron chi connectivity index (χ4n) is 2.70.